The van der Waals surface area contributed by atoms with Gasteiger partial charge in [0.2, 0.25) is 10.0 Å². The summed E-state index contributed by atoms with van der Waals surface area (Å²) < 4.78 is 53.9. The zero-order valence-electron chi connectivity index (χ0n) is 15.2. The van der Waals surface area contributed by atoms with E-state index in [0.29, 0.717) is 5.56 Å². The van der Waals surface area contributed by atoms with Gasteiger partial charge in [0.15, 0.2) is 0 Å². The smallest absolute Gasteiger partial charge is 0.261 e. The number of anilines is 1. The molecule has 0 atom stereocenters. The average molecular weight is 405 g/mol. The lowest BCUT2D eigenvalue weighted by atomic mass is 10.1. The number of hydrogen-bond donors (Lipinski definition) is 1. The van der Waals surface area contributed by atoms with E-state index >= 15 is 0 Å². The number of rotatable bonds is 5. The van der Waals surface area contributed by atoms with Crippen LogP contribution in [0.2, 0.25) is 0 Å². The van der Waals surface area contributed by atoms with Gasteiger partial charge >= 0.3 is 0 Å². The fourth-order valence-electron chi connectivity index (χ4n) is 2.62. The summed E-state index contributed by atoms with van der Waals surface area (Å²) in [7, 11) is -4.69. The Hall–Kier alpha value is -2.42. The highest BCUT2D eigenvalue weighted by atomic mass is 32.2. The lowest BCUT2D eigenvalue weighted by molar-refractivity contribution is 0.520. The minimum Gasteiger partial charge on any atom is -0.279 e. The standard InChI is InChI=1S/C19H20N2O4S2/c1-14-8-10-18(27(24,25)21(2)3)13-19(14)20-26(22,23)17-11-9-15-6-4-5-7-16(15)12-17/h4-13,20H,1-3H3. The second kappa shape index (κ2) is 6.95. The summed E-state index contributed by atoms with van der Waals surface area (Å²) in [5, 5.41) is 1.74. The van der Waals surface area contributed by atoms with Gasteiger partial charge in [-0.2, -0.15) is 0 Å². The predicted molar refractivity (Wildman–Crippen MR) is 107 cm³/mol. The highest BCUT2D eigenvalue weighted by Crippen LogP contribution is 2.26. The molecule has 6 nitrogen and oxygen atoms in total. The summed E-state index contributed by atoms with van der Waals surface area (Å²) in [4.78, 5) is 0.135. The second-order valence-corrected chi connectivity index (χ2v) is 10.2. The Bertz CT molecular complexity index is 1220. The number of aryl methyl sites for hydroxylation is 1. The van der Waals surface area contributed by atoms with E-state index in [9.17, 15) is 16.8 Å². The molecule has 0 aliphatic heterocycles. The largest absolute Gasteiger partial charge is 0.279 e. The molecule has 0 aromatic heterocycles. The molecule has 8 heteroatoms. The molecule has 27 heavy (non-hydrogen) atoms. The second-order valence-electron chi connectivity index (χ2n) is 6.38. The van der Waals surface area contributed by atoms with Gasteiger partial charge in [-0.05, 0) is 47.5 Å². The van der Waals surface area contributed by atoms with Gasteiger partial charge in [0.1, 0.15) is 0 Å². The molecule has 0 saturated carbocycles. The van der Waals surface area contributed by atoms with Gasteiger partial charge in [-0.3, -0.25) is 4.72 Å². The minimum absolute atomic E-state index is 0.0225. The van der Waals surface area contributed by atoms with Crippen molar-refractivity contribution in [3.05, 3.63) is 66.2 Å². The maximum absolute atomic E-state index is 12.8. The van der Waals surface area contributed by atoms with Crippen LogP contribution in [0.4, 0.5) is 5.69 Å². The predicted octanol–water partition coefficient (Wildman–Crippen LogP) is 3.20. The Labute approximate surface area is 159 Å². The molecular formula is C19H20N2O4S2. The summed E-state index contributed by atoms with van der Waals surface area (Å²) >= 11 is 0. The van der Waals surface area contributed by atoms with Crippen molar-refractivity contribution in [3.63, 3.8) is 0 Å². The minimum atomic E-state index is -3.87. The highest BCUT2D eigenvalue weighted by Gasteiger charge is 2.21. The van der Waals surface area contributed by atoms with Crippen LogP contribution in [-0.4, -0.2) is 35.2 Å². The summed E-state index contributed by atoms with van der Waals surface area (Å²) in [5.74, 6) is 0. The molecule has 142 valence electrons. The Morgan fingerprint density at radius 1 is 0.778 bits per heavy atom. The van der Waals surface area contributed by atoms with E-state index in [1.54, 1.807) is 25.1 Å². The Kier molecular flexibility index (Phi) is 4.98. The maximum atomic E-state index is 12.8. The molecule has 1 N–H and O–H groups in total. The Morgan fingerprint density at radius 3 is 2.07 bits per heavy atom. The maximum Gasteiger partial charge on any atom is 0.261 e. The van der Waals surface area contributed by atoms with Gasteiger partial charge in [0.05, 0.1) is 15.5 Å². The molecule has 0 spiro atoms. The van der Waals surface area contributed by atoms with Crippen molar-refractivity contribution < 1.29 is 16.8 Å². The number of sulfonamides is 2. The van der Waals surface area contributed by atoms with Crippen molar-refractivity contribution in [1.29, 1.82) is 0 Å². The molecular weight excluding hydrogens is 384 g/mol. The van der Waals surface area contributed by atoms with Crippen molar-refractivity contribution in [1.82, 2.24) is 4.31 Å². The zero-order chi connectivity index (χ0) is 19.8. The van der Waals surface area contributed by atoms with E-state index in [1.807, 2.05) is 24.3 Å². The summed E-state index contributed by atoms with van der Waals surface area (Å²) in [6.45, 7) is 1.71. The first-order chi connectivity index (χ1) is 12.6. The average Bonchev–Trinajstić information content (AvgIpc) is 2.62. The fourth-order valence-corrected chi connectivity index (χ4v) is 4.71. The molecule has 3 rings (SSSR count). The normalized spacial score (nSPS) is 12.4. The van der Waals surface area contributed by atoms with Crippen LogP contribution in [0.15, 0.2) is 70.5 Å². The number of nitrogens with one attached hydrogen (secondary N) is 1. The molecule has 3 aromatic rings. The first kappa shape index (κ1) is 19.3. The van der Waals surface area contributed by atoms with Crippen LogP contribution < -0.4 is 4.72 Å². The highest BCUT2D eigenvalue weighted by molar-refractivity contribution is 7.92. The van der Waals surface area contributed by atoms with Gasteiger partial charge in [-0.15, -0.1) is 0 Å². The van der Waals surface area contributed by atoms with Crippen molar-refractivity contribution in [2.75, 3.05) is 18.8 Å². The van der Waals surface area contributed by atoms with E-state index in [2.05, 4.69) is 4.72 Å². The molecule has 0 saturated heterocycles. The van der Waals surface area contributed by atoms with Gasteiger partial charge in [-0.25, -0.2) is 21.1 Å². The van der Waals surface area contributed by atoms with Crippen LogP contribution in [0.5, 0.6) is 0 Å². The van der Waals surface area contributed by atoms with E-state index in [1.165, 1.54) is 32.3 Å². The number of benzene rings is 3. The third kappa shape index (κ3) is 3.83. The number of hydrogen-bond acceptors (Lipinski definition) is 4. The topological polar surface area (TPSA) is 83.6 Å². The van der Waals surface area contributed by atoms with Crippen LogP contribution in [-0.2, 0) is 20.0 Å². The number of nitrogens with zero attached hydrogens (tertiary/aromatic N) is 1. The lowest BCUT2D eigenvalue weighted by Gasteiger charge is -2.15. The molecule has 0 aliphatic rings. The SMILES string of the molecule is Cc1ccc(S(=O)(=O)N(C)C)cc1NS(=O)(=O)c1ccc2ccccc2c1. The monoisotopic (exact) mass is 404 g/mol. The Morgan fingerprint density at radius 2 is 1.41 bits per heavy atom. The van der Waals surface area contributed by atoms with Gasteiger partial charge in [-0.1, -0.05) is 36.4 Å². The molecule has 0 bridgehead atoms. The van der Waals surface area contributed by atoms with Crippen molar-refractivity contribution >= 4 is 36.5 Å². The van der Waals surface area contributed by atoms with Crippen LogP contribution in [0.1, 0.15) is 5.56 Å². The molecule has 0 radical (unpaired) electrons. The fraction of sp³-hybridized carbons (Fsp3) is 0.158. The van der Waals surface area contributed by atoms with Gasteiger partial charge < -0.3 is 0 Å². The van der Waals surface area contributed by atoms with Crippen LogP contribution in [0, 0.1) is 6.92 Å². The van der Waals surface area contributed by atoms with Crippen LogP contribution in [0.25, 0.3) is 10.8 Å². The molecule has 0 unspecified atom stereocenters. The molecule has 3 aromatic carbocycles. The third-order valence-electron chi connectivity index (χ3n) is 4.26. The lowest BCUT2D eigenvalue weighted by Crippen LogP contribution is -2.22. The summed E-state index contributed by atoms with van der Waals surface area (Å²) in [5.41, 5.74) is 0.850. The van der Waals surface area contributed by atoms with Gasteiger partial charge in [0, 0.05) is 14.1 Å². The molecule has 0 amide bonds. The molecule has 0 aliphatic carbocycles. The van der Waals surface area contributed by atoms with Crippen LogP contribution >= 0.6 is 0 Å². The van der Waals surface area contributed by atoms with Crippen molar-refractivity contribution in [2.24, 2.45) is 0 Å². The summed E-state index contributed by atoms with van der Waals surface area (Å²) in [6, 6.07) is 16.7. The molecule has 0 fully saturated rings. The third-order valence-corrected chi connectivity index (χ3v) is 7.44. The molecule has 0 heterocycles. The summed E-state index contributed by atoms with van der Waals surface area (Å²) in [6.07, 6.45) is 0. The van der Waals surface area contributed by atoms with Crippen LogP contribution in [0.3, 0.4) is 0 Å². The van der Waals surface area contributed by atoms with Crippen molar-refractivity contribution in [3.8, 4) is 0 Å². The van der Waals surface area contributed by atoms with E-state index in [4.69, 9.17) is 0 Å². The first-order valence-corrected chi connectivity index (χ1v) is 11.1. The zero-order valence-corrected chi connectivity index (χ0v) is 16.8. The van der Waals surface area contributed by atoms with Crippen molar-refractivity contribution in [2.45, 2.75) is 16.7 Å². The van der Waals surface area contributed by atoms with E-state index < -0.39 is 20.0 Å². The van der Waals surface area contributed by atoms with E-state index in [-0.39, 0.29) is 15.5 Å². The first-order valence-electron chi connectivity index (χ1n) is 8.16. The van der Waals surface area contributed by atoms with Gasteiger partial charge in [0.25, 0.3) is 10.0 Å². The van der Waals surface area contributed by atoms with E-state index in [0.717, 1.165) is 15.1 Å². The number of fused-ring (bicyclic) bond motifs is 1. The Balaban J connectivity index is 2.02. The quantitative estimate of drug-likeness (QED) is 0.708.